The van der Waals surface area contributed by atoms with Gasteiger partial charge in [0.2, 0.25) is 10.0 Å². The number of benzene rings is 1. The van der Waals surface area contributed by atoms with Crippen LogP contribution in [0.15, 0.2) is 24.3 Å². The topological polar surface area (TPSA) is 97.5 Å². The zero-order valence-corrected chi connectivity index (χ0v) is 12.9. The number of fused-ring (bicyclic) bond motifs is 1. The van der Waals surface area contributed by atoms with Gasteiger partial charge in [0.1, 0.15) is 0 Å². The normalized spacial score (nSPS) is 25.4. The molecule has 7 heteroatoms. The van der Waals surface area contributed by atoms with Gasteiger partial charge in [-0.05, 0) is 37.3 Å². The fourth-order valence-corrected chi connectivity index (χ4v) is 4.48. The van der Waals surface area contributed by atoms with Crippen LogP contribution >= 0.6 is 0 Å². The van der Waals surface area contributed by atoms with Gasteiger partial charge in [-0.1, -0.05) is 18.6 Å². The van der Waals surface area contributed by atoms with Gasteiger partial charge in [0.25, 0.3) is 11.8 Å². The molecule has 1 fully saturated rings. The third kappa shape index (κ3) is 2.78. The molecule has 2 amide bonds. The van der Waals surface area contributed by atoms with Crippen LogP contribution in [-0.4, -0.2) is 36.9 Å². The predicted molar refractivity (Wildman–Crippen MR) is 80.7 cm³/mol. The van der Waals surface area contributed by atoms with Crippen LogP contribution in [0.25, 0.3) is 0 Å². The van der Waals surface area contributed by atoms with Crippen molar-refractivity contribution in [2.24, 2.45) is 11.1 Å². The number of carbonyl (C=O) groups is 2. The van der Waals surface area contributed by atoms with E-state index in [1.54, 1.807) is 24.3 Å². The molecule has 1 aromatic rings. The Hall–Kier alpha value is -1.73. The molecule has 2 atom stereocenters. The second-order valence-electron chi connectivity index (χ2n) is 6.04. The lowest BCUT2D eigenvalue weighted by Crippen LogP contribution is -2.43. The van der Waals surface area contributed by atoms with Gasteiger partial charge in [-0.2, -0.15) is 0 Å². The van der Waals surface area contributed by atoms with Crippen molar-refractivity contribution in [2.45, 2.75) is 31.7 Å². The fourth-order valence-electron chi connectivity index (χ4n) is 3.52. The van der Waals surface area contributed by atoms with Gasteiger partial charge in [-0.15, -0.1) is 0 Å². The van der Waals surface area contributed by atoms with Crippen molar-refractivity contribution in [1.82, 2.24) is 4.90 Å². The number of imide groups is 1. The fraction of sp³-hybridized carbons (Fsp3) is 0.467. The summed E-state index contributed by atoms with van der Waals surface area (Å²) < 4.78 is 22.5. The molecule has 1 aliphatic heterocycles. The number of carbonyl (C=O) groups excluding carboxylic acids is 2. The van der Waals surface area contributed by atoms with Crippen molar-refractivity contribution < 1.29 is 18.0 Å². The van der Waals surface area contributed by atoms with E-state index in [9.17, 15) is 18.0 Å². The smallest absolute Gasteiger partial charge is 0.261 e. The highest BCUT2D eigenvalue weighted by Crippen LogP contribution is 2.33. The van der Waals surface area contributed by atoms with Gasteiger partial charge in [0, 0.05) is 6.04 Å². The second-order valence-corrected chi connectivity index (χ2v) is 7.70. The molecule has 1 saturated carbocycles. The number of nitrogens with two attached hydrogens (primary N) is 1. The summed E-state index contributed by atoms with van der Waals surface area (Å²) in [7, 11) is -3.54. The van der Waals surface area contributed by atoms with Crippen LogP contribution in [0, 0.1) is 5.92 Å². The van der Waals surface area contributed by atoms with Crippen LogP contribution in [0.1, 0.15) is 46.4 Å². The van der Waals surface area contributed by atoms with E-state index in [0.717, 1.165) is 12.8 Å². The van der Waals surface area contributed by atoms with Crippen LogP contribution < -0.4 is 5.14 Å². The zero-order valence-electron chi connectivity index (χ0n) is 12.1. The summed E-state index contributed by atoms with van der Waals surface area (Å²) in [6, 6.07) is 6.53. The molecule has 1 heterocycles. The monoisotopic (exact) mass is 322 g/mol. The summed E-state index contributed by atoms with van der Waals surface area (Å²) in [5.41, 5.74) is 0.863. The van der Waals surface area contributed by atoms with Gasteiger partial charge in [-0.3, -0.25) is 14.5 Å². The molecule has 1 unspecified atom stereocenters. The highest BCUT2D eigenvalue weighted by molar-refractivity contribution is 7.89. The molecule has 0 spiro atoms. The minimum Gasteiger partial charge on any atom is -0.271 e. The Morgan fingerprint density at radius 3 is 2.23 bits per heavy atom. The van der Waals surface area contributed by atoms with Crippen LogP contribution in [0.2, 0.25) is 0 Å². The van der Waals surface area contributed by atoms with Crippen molar-refractivity contribution in [3.05, 3.63) is 35.4 Å². The van der Waals surface area contributed by atoms with E-state index in [1.807, 2.05) is 0 Å². The van der Waals surface area contributed by atoms with Crippen LogP contribution in [-0.2, 0) is 10.0 Å². The first-order valence-electron chi connectivity index (χ1n) is 7.34. The van der Waals surface area contributed by atoms with Crippen molar-refractivity contribution in [3.63, 3.8) is 0 Å². The number of rotatable bonds is 3. The maximum absolute atomic E-state index is 12.5. The summed E-state index contributed by atoms with van der Waals surface area (Å²) in [6.45, 7) is 0. The van der Waals surface area contributed by atoms with E-state index in [-0.39, 0.29) is 29.5 Å². The van der Waals surface area contributed by atoms with Gasteiger partial charge in [-0.25, -0.2) is 13.6 Å². The molecule has 1 aliphatic carbocycles. The Kier molecular flexibility index (Phi) is 3.78. The van der Waals surface area contributed by atoms with E-state index in [0.29, 0.717) is 24.0 Å². The third-order valence-corrected chi connectivity index (χ3v) is 5.35. The Labute approximate surface area is 129 Å². The van der Waals surface area contributed by atoms with Crippen molar-refractivity contribution in [2.75, 3.05) is 5.75 Å². The standard InChI is InChI=1S/C15H18N2O4S/c16-22(20,21)9-10-4-3-5-11(8-10)17-14(18)12-6-1-2-7-13(12)15(17)19/h1-2,6-7,10-11H,3-5,8-9H2,(H2,16,20,21)/t10?,11-/m1/s1. The Bertz CT molecular complexity index is 694. The number of primary sulfonamides is 1. The van der Waals surface area contributed by atoms with E-state index in [4.69, 9.17) is 5.14 Å². The number of hydrogen-bond acceptors (Lipinski definition) is 4. The Morgan fingerprint density at radius 2 is 1.68 bits per heavy atom. The first-order chi connectivity index (χ1) is 10.4. The molecule has 3 rings (SSSR count). The number of amides is 2. The van der Waals surface area contributed by atoms with Crippen LogP contribution in [0.5, 0.6) is 0 Å². The summed E-state index contributed by atoms with van der Waals surface area (Å²) >= 11 is 0. The van der Waals surface area contributed by atoms with Gasteiger partial charge >= 0.3 is 0 Å². The van der Waals surface area contributed by atoms with Gasteiger partial charge < -0.3 is 0 Å². The SMILES string of the molecule is NS(=O)(=O)CC1CCC[C@@H](N2C(=O)c3ccccc3C2=O)C1. The largest absolute Gasteiger partial charge is 0.271 e. The maximum Gasteiger partial charge on any atom is 0.261 e. The Morgan fingerprint density at radius 1 is 1.09 bits per heavy atom. The molecule has 2 N–H and O–H groups in total. The summed E-state index contributed by atoms with van der Waals surface area (Å²) in [5, 5.41) is 5.11. The molecule has 22 heavy (non-hydrogen) atoms. The minimum atomic E-state index is -3.54. The average Bonchev–Trinajstić information content (AvgIpc) is 2.70. The van der Waals surface area contributed by atoms with Crippen LogP contribution in [0.4, 0.5) is 0 Å². The molecule has 0 radical (unpaired) electrons. The van der Waals surface area contributed by atoms with Crippen LogP contribution in [0.3, 0.4) is 0 Å². The molecule has 0 bridgehead atoms. The molecule has 0 aromatic heterocycles. The molecule has 2 aliphatic rings. The zero-order chi connectivity index (χ0) is 15.9. The van der Waals surface area contributed by atoms with E-state index in [1.165, 1.54) is 4.90 Å². The summed E-state index contributed by atoms with van der Waals surface area (Å²) in [6.07, 6.45) is 2.77. The molecular formula is C15H18N2O4S. The highest BCUT2D eigenvalue weighted by atomic mass is 32.2. The molecule has 0 saturated heterocycles. The third-order valence-electron chi connectivity index (χ3n) is 4.41. The van der Waals surface area contributed by atoms with Crippen molar-refractivity contribution >= 4 is 21.8 Å². The maximum atomic E-state index is 12.5. The quantitative estimate of drug-likeness (QED) is 0.843. The van der Waals surface area contributed by atoms with E-state index in [2.05, 4.69) is 0 Å². The summed E-state index contributed by atoms with van der Waals surface area (Å²) in [4.78, 5) is 26.2. The highest BCUT2D eigenvalue weighted by Gasteiger charge is 2.41. The molecule has 1 aromatic carbocycles. The summed E-state index contributed by atoms with van der Waals surface area (Å²) in [5.74, 6) is -0.742. The predicted octanol–water partition coefficient (Wildman–Crippen LogP) is 1.13. The van der Waals surface area contributed by atoms with Crippen molar-refractivity contribution in [3.8, 4) is 0 Å². The first-order valence-corrected chi connectivity index (χ1v) is 9.06. The lowest BCUT2D eigenvalue weighted by molar-refractivity contribution is 0.0528. The number of nitrogens with zero attached hydrogens (tertiary/aromatic N) is 1. The van der Waals surface area contributed by atoms with E-state index >= 15 is 0 Å². The lowest BCUT2D eigenvalue weighted by atomic mass is 9.86. The van der Waals surface area contributed by atoms with Gasteiger partial charge in [0.15, 0.2) is 0 Å². The van der Waals surface area contributed by atoms with Gasteiger partial charge in [0.05, 0.1) is 16.9 Å². The minimum absolute atomic E-state index is 0.0906. The number of sulfonamides is 1. The molecule has 6 nitrogen and oxygen atoms in total. The van der Waals surface area contributed by atoms with E-state index < -0.39 is 10.0 Å². The first kappa shape index (κ1) is 15.2. The lowest BCUT2D eigenvalue weighted by Gasteiger charge is -2.33. The molecule has 118 valence electrons. The van der Waals surface area contributed by atoms with Crippen molar-refractivity contribution in [1.29, 1.82) is 0 Å². The average molecular weight is 322 g/mol. The molecular weight excluding hydrogens is 304 g/mol. The Balaban J connectivity index is 1.80. The number of hydrogen-bond donors (Lipinski definition) is 1. The second kappa shape index (κ2) is 5.48.